The van der Waals surface area contributed by atoms with E-state index in [-0.39, 0.29) is 12.1 Å². The molecule has 0 radical (unpaired) electrons. The average molecular weight is 296 g/mol. The van der Waals surface area contributed by atoms with E-state index in [2.05, 4.69) is 0 Å². The van der Waals surface area contributed by atoms with Gasteiger partial charge in [-0.25, -0.2) is 4.79 Å². The van der Waals surface area contributed by atoms with Crippen LogP contribution in [0.15, 0.2) is 54.6 Å². The van der Waals surface area contributed by atoms with Crippen LogP contribution in [0.1, 0.15) is 42.5 Å². The van der Waals surface area contributed by atoms with Crippen LogP contribution in [0.3, 0.4) is 0 Å². The third-order valence-corrected chi connectivity index (χ3v) is 3.87. The molecule has 0 heterocycles. The highest BCUT2D eigenvalue weighted by Gasteiger charge is 2.19. The Morgan fingerprint density at radius 3 is 2.36 bits per heavy atom. The lowest BCUT2D eigenvalue weighted by atomic mass is 9.98. The fourth-order valence-electron chi connectivity index (χ4n) is 2.71. The molecule has 0 unspecified atom stereocenters. The zero-order chi connectivity index (χ0) is 15.2. The monoisotopic (exact) mass is 296 g/mol. The minimum absolute atomic E-state index is 0.0694. The summed E-state index contributed by atoms with van der Waals surface area (Å²) in [4.78, 5) is 12.2. The van der Waals surface area contributed by atoms with Crippen molar-refractivity contribution in [3.05, 3.63) is 60.2 Å². The lowest BCUT2D eigenvalue weighted by molar-refractivity contribution is 0.0211. The molecule has 1 fully saturated rings. The van der Waals surface area contributed by atoms with Gasteiger partial charge < -0.3 is 9.47 Å². The molecule has 0 bridgehead atoms. The number of carbonyl (C=O) groups is 1. The summed E-state index contributed by atoms with van der Waals surface area (Å²) in [5, 5.41) is 0. The summed E-state index contributed by atoms with van der Waals surface area (Å²) in [6, 6.07) is 16.7. The van der Waals surface area contributed by atoms with E-state index in [4.69, 9.17) is 9.47 Å². The van der Waals surface area contributed by atoms with Gasteiger partial charge in [0, 0.05) is 0 Å². The van der Waals surface area contributed by atoms with Gasteiger partial charge in [0.15, 0.2) is 0 Å². The SMILES string of the molecule is O=C(OC1CCCCC1)c1cccc(Oc2ccccc2)c1. The summed E-state index contributed by atoms with van der Waals surface area (Å²) in [6.07, 6.45) is 5.57. The topological polar surface area (TPSA) is 35.5 Å². The second kappa shape index (κ2) is 7.12. The molecule has 0 amide bonds. The maximum Gasteiger partial charge on any atom is 0.338 e. The molecule has 0 saturated heterocycles. The Morgan fingerprint density at radius 1 is 0.864 bits per heavy atom. The molecule has 0 aliphatic heterocycles. The summed E-state index contributed by atoms with van der Waals surface area (Å²) in [7, 11) is 0. The molecule has 3 heteroatoms. The van der Waals surface area contributed by atoms with Crippen molar-refractivity contribution in [3.8, 4) is 11.5 Å². The first-order chi connectivity index (χ1) is 10.8. The number of hydrogen-bond acceptors (Lipinski definition) is 3. The van der Waals surface area contributed by atoms with Crippen LogP contribution in [0.25, 0.3) is 0 Å². The van der Waals surface area contributed by atoms with Gasteiger partial charge in [-0.2, -0.15) is 0 Å². The molecular formula is C19H20O3. The van der Waals surface area contributed by atoms with Crippen LogP contribution in [0.5, 0.6) is 11.5 Å². The molecule has 3 nitrogen and oxygen atoms in total. The van der Waals surface area contributed by atoms with E-state index >= 15 is 0 Å². The minimum Gasteiger partial charge on any atom is -0.459 e. The van der Waals surface area contributed by atoms with Crippen molar-refractivity contribution in [2.24, 2.45) is 0 Å². The maximum atomic E-state index is 12.2. The van der Waals surface area contributed by atoms with Gasteiger partial charge in [0.1, 0.15) is 17.6 Å². The van der Waals surface area contributed by atoms with Crippen molar-refractivity contribution in [3.63, 3.8) is 0 Å². The van der Waals surface area contributed by atoms with E-state index in [0.717, 1.165) is 31.4 Å². The van der Waals surface area contributed by atoms with Crippen molar-refractivity contribution in [1.29, 1.82) is 0 Å². The molecule has 0 atom stereocenters. The first-order valence-corrected chi connectivity index (χ1v) is 7.85. The quantitative estimate of drug-likeness (QED) is 0.747. The zero-order valence-corrected chi connectivity index (χ0v) is 12.5. The molecule has 2 aromatic rings. The molecule has 1 saturated carbocycles. The van der Waals surface area contributed by atoms with Gasteiger partial charge in [-0.05, 0) is 56.0 Å². The molecule has 0 spiro atoms. The van der Waals surface area contributed by atoms with Crippen molar-refractivity contribution in [1.82, 2.24) is 0 Å². The van der Waals surface area contributed by atoms with Gasteiger partial charge in [0.2, 0.25) is 0 Å². The predicted molar refractivity (Wildman–Crippen MR) is 85.2 cm³/mol. The zero-order valence-electron chi connectivity index (χ0n) is 12.5. The Bertz CT molecular complexity index is 616. The number of ether oxygens (including phenoxy) is 2. The molecule has 2 aromatic carbocycles. The molecule has 22 heavy (non-hydrogen) atoms. The van der Waals surface area contributed by atoms with Gasteiger partial charge in [-0.3, -0.25) is 0 Å². The standard InChI is InChI=1S/C19H20O3/c20-19(22-17-11-5-2-6-12-17)15-8-7-13-18(14-15)21-16-9-3-1-4-10-16/h1,3-4,7-10,13-14,17H,2,5-6,11-12H2. The van der Waals surface area contributed by atoms with Crippen LogP contribution in [-0.4, -0.2) is 12.1 Å². The lowest BCUT2D eigenvalue weighted by Crippen LogP contribution is -2.20. The van der Waals surface area contributed by atoms with Crippen LogP contribution >= 0.6 is 0 Å². The van der Waals surface area contributed by atoms with Crippen molar-refractivity contribution in [2.45, 2.75) is 38.2 Å². The molecular weight excluding hydrogens is 276 g/mol. The van der Waals surface area contributed by atoms with Gasteiger partial charge in [0.05, 0.1) is 5.56 Å². The van der Waals surface area contributed by atoms with Crippen LogP contribution in [0, 0.1) is 0 Å². The van der Waals surface area contributed by atoms with E-state index < -0.39 is 0 Å². The van der Waals surface area contributed by atoms with E-state index in [1.807, 2.05) is 42.5 Å². The Kier molecular flexibility index (Phi) is 4.74. The summed E-state index contributed by atoms with van der Waals surface area (Å²) in [5.41, 5.74) is 0.541. The highest BCUT2D eigenvalue weighted by atomic mass is 16.5. The Morgan fingerprint density at radius 2 is 1.59 bits per heavy atom. The van der Waals surface area contributed by atoms with Crippen molar-refractivity contribution in [2.75, 3.05) is 0 Å². The number of para-hydroxylation sites is 1. The average Bonchev–Trinajstić information content (AvgIpc) is 2.57. The first-order valence-electron chi connectivity index (χ1n) is 7.85. The predicted octanol–water partition coefficient (Wildman–Crippen LogP) is 4.97. The van der Waals surface area contributed by atoms with Crippen molar-refractivity contribution < 1.29 is 14.3 Å². The molecule has 114 valence electrons. The van der Waals surface area contributed by atoms with E-state index in [0.29, 0.717) is 11.3 Å². The summed E-state index contributed by atoms with van der Waals surface area (Å²) in [5.74, 6) is 1.13. The van der Waals surface area contributed by atoms with E-state index in [1.165, 1.54) is 6.42 Å². The summed E-state index contributed by atoms with van der Waals surface area (Å²) in [6.45, 7) is 0. The van der Waals surface area contributed by atoms with Gasteiger partial charge >= 0.3 is 5.97 Å². The van der Waals surface area contributed by atoms with Crippen LogP contribution in [0.4, 0.5) is 0 Å². The molecule has 0 N–H and O–H groups in total. The summed E-state index contributed by atoms with van der Waals surface area (Å²) >= 11 is 0. The molecule has 1 aliphatic rings. The Hall–Kier alpha value is -2.29. The normalized spacial score (nSPS) is 15.3. The highest BCUT2D eigenvalue weighted by Crippen LogP contribution is 2.24. The number of hydrogen-bond donors (Lipinski definition) is 0. The Labute approximate surface area is 130 Å². The van der Waals surface area contributed by atoms with Gasteiger partial charge in [-0.15, -0.1) is 0 Å². The highest BCUT2D eigenvalue weighted by molar-refractivity contribution is 5.90. The third kappa shape index (κ3) is 3.88. The largest absolute Gasteiger partial charge is 0.459 e. The van der Waals surface area contributed by atoms with Crippen LogP contribution < -0.4 is 4.74 Å². The van der Waals surface area contributed by atoms with Crippen LogP contribution in [-0.2, 0) is 4.74 Å². The van der Waals surface area contributed by atoms with Crippen molar-refractivity contribution >= 4 is 5.97 Å². The second-order valence-electron chi connectivity index (χ2n) is 5.61. The summed E-state index contributed by atoms with van der Waals surface area (Å²) < 4.78 is 11.3. The molecule has 0 aromatic heterocycles. The van der Waals surface area contributed by atoms with Gasteiger partial charge in [0.25, 0.3) is 0 Å². The number of rotatable bonds is 4. The Balaban J connectivity index is 1.66. The fourth-order valence-corrected chi connectivity index (χ4v) is 2.71. The van der Waals surface area contributed by atoms with E-state index in [1.54, 1.807) is 12.1 Å². The first kappa shape index (κ1) is 14.6. The second-order valence-corrected chi connectivity index (χ2v) is 5.61. The number of esters is 1. The smallest absolute Gasteiger partial charge is 0.338 e. The fraction of sp³-hybridized carbons (Fsp3) is 0.316. The van der Waals surface area contributed by atoms with Gasteiger partial charge in [-0.1, -0.05) is 30.7 Å². The van der Waals surface area contributed by atoms with Crippen LogP contribution in [0.2, 0.25) is 0 Å². The molecule has 3 rings (SSSR count). The number of carbonyl (C=O) groups excluding carboxylic acids is 1. The third-order valence-electron chi connectivity index (χ3n) is 3.87. The molecule has 1 aliphatic carbocycles. The van der Waals surface area contributed by atoms with E-state index in [9.17, 15) is 4.79 Å². The maximum absolute atomic E-state index is 12.2. The minimum atomic E-state index is -0.259. The number of benzene rings is 2. The lowest BCUT2D eigenvalue weighted by Gasteiger charge is -2.21.